The lowest BCUT2D eigenvalue weighted by Gasteiger charge is -2.05. The first-order valence-electron chi connectivity index (χ1n) is 8.48. The minimum Gasteiger partial charge on any atom is -0.508 e. The van der Waals surface area contributed by atoms with Crippen molar-refractivity contribution in [3.05, 3.63) is 84.4 Å². The number of phenolic OH excluding ortho intramolecular Hbond substituents is 2. The summed E-state index contributed by atoms with van der Waals surface area (Å²) >= 11 is 0. The number of aromatic hydroxyl groups is 2. The molecule has 0 fully saturated rings. The molecule has 0 bridgehead atoms. The number of aromatic nitrogens is 2. The molecule has 0 saturated carbocycles. The molecular weight excluding hydrogens is 324 g/mol. The Morgan fingerprint density at radius 3 is 1.27 bits per heavy atom. The minimum atomic E-state index is 0.264. The fourth-order valence-corrected chi connectivity index (χ4v) is 3.24. The zero-order valence-electron chi connectivity index (χ0n) is 14.7. The maximum atomic E-state index is 9.49. The summed E-state index contributed by atoms with van der Waals surface area (Å²) in [4.78, 5) is 0. The second-order valence-corrected chi connectivity index (χ2v) is 6.51. The van der Waals surface area contributed by atoms with Gasteiger partial charge in [0.1, 0.15) is 11.5 Å². The summed E-state index contributed by atoms with van der Waals surface area (Å²) in [6, 6.07) is 18.7. The molecule has 0 amide bonds. The van der Waals surface area contributed by atoms with Crippen molar-refractivity contribution in [2.24, 2.45) is 0 Å². The molecule has 0 atom stereocenters. The number of hydrogen-bond acceptors (Lipinski definition) is 2. The van der Waals surface area contributed by atoms with Crippen LogP contribution in [0.25, 0.3) is 22.5 Å². The normalized spacial score (nSPS) is 11.0. The van der Waals surface area contributed by atoms with E-state index in [2.05, 4.69) is 47.5 Å². The van der Waals surface area contributed by atoms with Gasteiger partial charge < -0.3 is 19.3 Å². The fraction of sp³-hybridized carbons (Fsp3) is 0.0909. The Labute approximate surface area is 152 Å². The number of benzene rings is 2. The van der Waals surface area contributed by atoms with Gasteiger partial charge in [0.2, 0.25) is 0 Å². The largest absolute Gasteiger partial charge is 0.508 e. The number of aryl methyl sites for hydroxylation is 2. The van der Waals surface area contributed by atoms with Gasteiger partial charge >= 0.3 is 0 Å². The Hall–Kier alpha value is -3.40. The van der Waals surface area contributed by atoms with Crippen LogP contribution in [0.1, 0.15) is 11.4 Å². The first-order valence-corrected chi connectivity index (χ1v) is 8.48. The fourth-order valence-electron chi connectivity index (χ4n) is 3.24. The molecule has 2 heterocycles. The Balaban J connectivity index is 1.73. The third-order valence-corrected chi connectivity index (χ3v) is 4.61. The van der Waals surface area contributed by atoms with E-state index in [1.54, 1.807) is 24.3 Å². The Morgan fingerprint density at radius 2 is 0.923 bits per heavy atom. The Morgan fingerprint density at radius 1 is 0.577 bits per heavy atom. The first-order chi connectivity index (χ1) is 12.5. The van der Waals surface area contributed by atoms with Crippen molar-refractivity contribution in [2.45, 2.75) is 13.8 Å². The summed E-state index contributed by atoms with van der Waals surface area (Å²) in [6.45, 7) is 4.14. The van der Waals surface area contributed by atoms with Crippen molar-refractivity contribution in [3.63, 3.8) is 0 Å². The number of nitrogens with zero attached hydrogens (tertiary/aromatic N) is 2. The zero-order chi connectivity index (χ0) is 18.3. The molecule has 4 rings (SSSR count). The summed E-state index contributed by atoms with van der Waals surface area (Å²) in [5.41, 5.74) is 6.55. The van der Waals surface area contributed by atoms with Crippen molar-refractivity contribution in [1.29, 1.82) is 0 Å². The lowest BCUT2D eigenvalue weighted by Crippen LogP contribution is -1.93. The van der Waals surface area contributed by atoms with Crippen LogP contribution < -0.4 is 0 Å². The summed E-state index contributed by atoms with van der Waals surface area (Å²) in [5, 5.41) is 19.0. The van der Waals surface area contributed by atoms with Gasteiger partial charge in [-0.15, -0.1) is 0 Å². The molecule has 0 radical (unpaired) electrons. The first kappa shape index (κ1) is 16.1. The van der Waals surface area contributed by atoms with E-state index in [0.717, 1.165) is 33.9 Å². The average molecular weight is 344 g/mol. The Kier molecular flexibility index (Phi) is 3.81. The standard InChI is InChI=1S/C22H20N2O2/c1-15-11-17(13-23(15)19-3-7-21(25)8-4-19)18-12-16(2)24(14-18)20-5-9-22(26)10-6-20/h3-14,25-26H,1-2H3. The van der Waals surface area contributed by atoms with Crippen molar-refractivity contribution in [2.75, 3.05) is 0 Å². The van der Waals surface area contributed by atoms with Crippen LogP contribution in [-0.4, -0.2) is 19.3 Å². The molecule has 0 aliphatic rings. The predicted molar refractivity (Wildman–Crippen MR) is 103 cm³/mol. The van der Waals surface area contributed by atoms with Crippen LogP contribution >= 0.6 is 0 Å². The molecule has 26 heavy (non-hydrogen) atoms. The van der Waals surface area contributed by atoms with Crippen LogP contribution in [0.5, 0.6) is 11.5 Å². The monoisotopic (exact) mass is 344 g/mol. The second kappa shape index (κ2) is 6.15. The maximum Gasteiger partial charge on any atom is 0.115 e. The Bertz CT molecular complexity index is 967. The van der Waals surface area contributed by atoms with Crippen LogP contribution in [0.3, 0.4) is 0 Å². The van der Waals surface area contributed by atoms with Gasteiger partial charge in [0.05, 0.1) is 0 Å². The topological polar surface area (TPSA) is 50.3 Å². The van der Waals surface area contributed by atoms with E-state index < -0.39 is 0 Å². The molecule has 4 nitrogen and oxygen atoms in total. The van der Waals surface area contributed by atoms with Crippen LogP contribution in [0.4, 0.5) is 0 Å². The zero-order valence-corrected chi connectivity index (χ0v) is 14.7. The van der Waals surface area contributed by atoms with Crippen LogP contribution in [0.2, 0.25) is 0 Å². The third-order valence-electron chi connectivity index (χ3n) is 4.61. The molecule has 4 aromatic rings. The summed E-state index contributed by atoms with van der Waals surface area (Å²) in [6.07, 6.45) is 4.22. The highest BCUT2D eigenvalue weighted by Gasteiger charge is 2.10. The smallest absolute Gasteiger partial charge is 0.115 e. The minimum absolute atomic E-state index is 0.264. The van der Waals surface area contributed by atoms with E-state index in [1.807, 2.05) is 24.3 Å². The van der Waals surface area contributed by atoms with E-state index in [0.29, 0.717) is 0 Å². The highest BCUT2D eigenvalue weighted by atomic mass is 16.3. The molecule has 0 unspecified atom stereocenters. The highest BCUT2D eigenvalue weighted by molar-refractivity contribution is 5.66. The van der Waals surface area contributed by atoms with Gasteiger partial charge in [-0.05, 0) is 74.5 Å². The van der Waals surface area contributed by atoms with Gasteiger partial charge in [-0.25, -0.2) is 0 Å². The van der Waals surface area contributed by atoms with E-state index in [1.165, 1.54) is 0 Å². The van der Waals surface area contributed by atoms with E-state index >= 15 is 0 Å². The number of rotatable bonds is 3. The summed E-state index contributed by atoms with van der Waals surface area (Å²) in [5.74, 6) is 0.528. The molecule has 4 heteroatoms. The van der Waals surface area contributed by atoms with Crippen LogP contribution in [-0.2, 0) is 0 Å². The van der Waals surface area contributed by atoms with Gasteiger partial charge in [-0.3, -0.25) is 0 Å². The van der Waals surface area contributed by atoms with Gasteiger partial charge in [0.25, 0.3) is 0 Å². The van der Waals surface area contributed by atoms with E-state index in [9.17, 15) is 10.2 Å². The highest BCUT2D eigenvalue weighted by Crippen LogP contribution is 2.28. The van der Waals surface area contributed by atoms with E-state index in [4.69, 9.17) is 0 Å². The quantitative estimate of drug-likeness (QED) is 0.552. The summed E-state index contributed by atoms with van der Waals surface area (Å²) in [7, 11) is 0. The van der Waals surface area contributed by atoms with Gasteiger partial charge in [-0.1, -0.05) is 0 Å². The molecular formula is C22H20N2O2. The lowest BCUT2D eigenvalue weighted by molar-refractivity contribution is 0.474. The van der Waals surface area contributed by atoms with Crippen LogP contribution in [0, 0.1) is 13.8 Å². The molecule has 0 spiro atoms. The number of hydrogen-bond donors (Lipinski definition) is 2. The van der Waals surface area contributed by atoms with E-state index in [-0.39, 0.29) is 11.5 Å². The van der Waals surface area contributed by atoms with Gasteiger partial charge in [0, 0.05) is 46.3 Å². The third kappa shape index (κ3) is 2.86. The predicted octanol–water partition coefficient (Wildman–Crippen LogP) is 4.96. The molecule has 2 aromatic heterocycles. The van der Waals surface area contributed by atoms with Gasteiger partial charge in [0.15, 0.2) is 0 Å². The molecule has 2 aromatic carbocycles. The molecule has 0 saturated heterocycles. The van der Waals surface area contributed by atoms with Crippen LogP contribution in [0.15, 0.2) is 73.1 Å². The SMILES string of the molecule is Cc1cc(-c2cc(C)n(-c3ccc(O)cc3)c2)cn1-c1ccc(O)cc1. The molecule has 2 N–H and O–H groups in total. The second-order valence-electron chi connectivity index (χ2n) is 6.51. The summed E-state index contributed by atoms with van der Waals surface area (Å²) < 4.78 is 4.23. The van der Waals surface area contributed by atoms with Crippen molar-refractivity contribution >= 4 is 0 Å². The maximum absolute atomic E-state index is 9.49. The van der Waals surface area contributed by atoms with Crippen molar-refractivity contribution in [3.8, 4) is 34.0 Å². The molecule has 0 aliphatic carbocycles. The lowest BCUT2D eigenvalue weighted by atomic mass is 10.2. The number of phenols is 2. The molecule has 0 aliphatic heterocycles. The van der Waals surface area contributed by atoms with Crippen molar-refractivity contribution in [1.82, 2.24) is 9.13 Å². The van der Waals surface area contributed by atoms with Crippen molar-refractivity contribution < 1.29 is 10.2 Å². The van der Waals surface area contributed by atoms with Gasteiger partial charge in [-0.2, -0.15) is 0 Å². The molecule has 130 valence electrons. The average Bonchev–Trinajstić information content (AvgIpc) is 3.20.